The van der Waals surface area contributed by atoms with Gasteiger partial charge in [-0.1, -0.05) is 52.7 Å². The van der Waals surface area contributed by atoms with Crippen LogP contribution in [0, 0.1) is 6.92 Å². The number of H-pyrrole nitrogens is 1. The zero-order valence-electron chi connectivity index (χ0n) is 12.9. The summed E-state index contributed by atoms with van der Waals surface area (Å²) in [4.78, 5) is 16.3. The Morgan fingerprint density at radius 2 is 2.08 bits per heavy atom. The molecule has 3 aromatic rings. The lowest BCUT2D eigenvalue weighted by Crippen LogP contribution is -2.09. The molecule has 3 N–H and O–H groups in total. The monoisotopic (exact) mass is 394 g/mol. The number of aromatic nitrogens is 3. The Morgan fingerprint density at radius 1 is 1.28 bits per heavy atom. The highest BCUT2D eigenvalue weighted by Gasteiger charge is 2.09. The highest BCUT2D eigenvalue weighted by Crippen LogP contribution is 2.29. The van der Waals surface area contributed by atoms with Gasteiger partial charge in [0.1, 0.15) is 10.7 Å². The molecule has 2 heterocycles. The minimum absolute atomic E-state index is 0.0236. The zero-order valence-corrected chi connectivity index (χ0v) is 15.2. The van der Waals surface area contributed by atoms with E-state index >= 15 is 0 Å². The molecule has 128 valence electrons. The van der Waals surface area contributed by atoms with E-state index < -0.39 is 5.56 Å². The number of benzene rings is 1. The molecule has 10 heteroatoms. The van der Waals surface area contributed by atoms with Crippen molar-refractivity contribution in [2.24, 2.45) is 5.10 Å². The van der Waals surface area contributed by atoms with Crippen LogP contribution >= 0.6 is 34.5 Å². The Kier molecular flexibility index (Phi) is 5.32. The molecule has 25 heavy (non-hydrogen) atoms. The van der Waals surface area contributed by atoms with Crippen molar-refractivity contribution in [2.75, 3.05) is 10.7 Å². The van der Waals surface area contributed by atoms with E-state index in [0.29, 0.717) is 20.8 Å². The second-order valence-electron chi connectivity index (χ2n) is 4.91. The third kappa shape index (κ3) is 4.16. The molecule has 0 saturated carbocycles. The Bertz CT molecular complexity index is 984. The Morgan fingerprint density at radius 3 is 2.88 bits per heavy atom. The molecule has 2 aromatic heterocycles. The van der Waals surface area contributed by atoms with Gasteiger partial charge in [-0.25, -0.2) is 10.1 Å². The summed E-state index contributed by atoms with van der Waals surface area (Å²) in [7, 11) is 0. The number of hydrogen-bond acceptors (Lipinski definition) is 7. The van der Waals surface area contributed by atoms with Crippen molar-refractivity contribution in [2.45, 2.75) is 6.92 Å². The number of nitrogens with zero attached hydrogens (tertiary/aromatic N) is 3. The molecule has 0 aliphatic rings. The van der Waals surface area contributed by atoms with Crippen molar-refractivity contribution in [3.05, 3.63) is 61.4 Å². The molecule has 1 aromatic carbocycles. The van der Waals surface area contributed by atoms with E-state index in [-0.39, 0.29) is 5.02 Å². The molecule has 0 unspecified atom stereocenters. The van der Waals surface area contributed by atoms with Crippen LogP contribution in [0.2, 0.25) is 10.2 Å². The summed E-state index contributed by atoms with van der Waals surface area (Å²) in [6.45, 7) is 2.00. The highest BCUT2D eigenvalue weighted by molar-refractivity contribution is 7.17. The van der Waals surface area contributed by atoms with Crippen molar-refractivity contribution in [1.29, 1.82) is 0 Å². The molecular formula is C15H12Cl2N6OS. The standard InChI is InChI=1S/C15H12Cl2N6OS/c1-8-4-2-3-5-9(8)20-15-21-13(17)11(25-15)7-19-22-10-6-18-23-14(24)12(10)16/h2-7H,1H3,(H,20,21)(H2,22,23,24)/b19-7+. The Labute approximate surface area is 156 Å². The van der Waals surface area contributed by atoms with Crippen molar-refractivity contribution in [1.82, 2.24) is 15.2 Å². The van der Waals surface area contributed by atoms with Gasteiger partial charge in [-0.05, 0) is 18.6 Å². The Hall–Kier alpha value is -2.42. The predicted octanol–water partition coefficient (Wildman–Crippen LogP) is 4.03. The van der Waals surface area contributed by atoms with E-state index in [0.717, 1.165) is 11.3 Å². The summed E-state index contributed by atoms with van der Waals surface area (Å²) < 4.78 is 0. The lowest BCUT2D eigenvalue weighted by Gasteiger charge is -2.05. The highest BCUT2D eigenvalue weighted by atomic mass is 35.5. The fraction of sp³-hybridized carbons (Fsp3) is 0.0667. The maximum atomic E-state index is 11.4. The molecule has 0 aliphatic carbocycles. The van der Waals surface area contributed by atoms with Gasteiger partial charge >= 0.3 is 0 Å². The van der Waals surface area contributed by atoms with Crippen LogP contribution in [0.5, 0.6) is 0 Å². The fourth-order valence-corrected chi connectivity index (χ4v) is 3.07. The van der Waals surface area contributed by atoms with Gasteiger partial charge < -0.3 is 5.32 Å². The van der Waals surface area contributed by atoms with Crippen LogP contribution in [-0.4, -0.2) is 21.4 Å². The van der Waals surface area contributed by atoms with Gasteiger partial charge in [-0.3, -0.25) is 10.2 Å². The molecule has 3 rings (SSSR count). The second-order valence-corrected chi connectivity index (χ2v) is 6.68. The van der Waals surface area contributed by atoms with Crippen LogP contribution < -0.4 is 16.3 Å². The van der Waals surface area contributed by atoms with E-state index in [1.54, 1.807) is 0 Å². The third-order valence-corrected chi connectivity index (χ3v) is 4.84. The average molecular weight is 395 g/mol. The number of hydrazone groups is 1. The summed E-state index contributed by atoms with van der Waals surface area (Å²) in [5.74, 6) is 0. The molecule has 0 amide bonds. The molecule has 7 nitrogen and oxygen atoms in total. The molecular weight excluding hydrogens is 383 g/mol. The number of anilines is 3. The number of rotatable bonds is 5. The second kappa shape index (κ2) is 7.64. The van der Waals surface area contributed by atoms with Gasteiger partial charge in [0.05, 0.1) is 17.3 Å². The maximum Gasteiger partial charge on any atom is 0.285 e. The topological polar surface area (TPSA) is 95.1 Å². The van der Waals surface area contributed by atoms with Crippen LogP contribution in [0.1, 0.15) is 10.4 Å². The van der Waals surface area contributed by atoms with Crippen molar-refractivity contribution < 1.29 is 0 Å². The van der Waals surface area contributed by atoms with E-state index in [1.807, 2.05) is 31.2 Å². The predicted molar refractivity (Wildman–Crippen MR) is 103 cm³/mol. The maximum absolute atomic E-state index is 11.4. The molecule has 0 aliphatic heterocycles. The minimum Gasteiger partial charge on any atom is -0.331 e. The van der Waals surface area contributed by atoms with Crippen LogP contribution in [0.4, 0.5) is 16.5 Å². The Balaban J connectivity index is 1.73. The van der Waals surface area contributed by atoms with Crippen LogP contribution in [0.3, 0.4) is 0 Å². The smallest absolute Gasteiger partial charge is 0.285 e. The average Bonchev–Trinajstić information content (AvgIpc) is 2.93. The van der Waals surface area contributed by atoms with Crippen LogP contribution in [0.25, 0.3) is 0 Å². The summed E-state index contributed by atoms with van der Waals surface area (Å²) in [5.41, 5.74) is 4.50. The van der Waals surface area contributed by atoms with Gasteiger partial charge in [0.25, 0.3) is 5.56 Å². The van der Waals surface area contributed by atoms with Crippen molar-refractivity contribution in [3.63, 3.8) is 0 Å². The number of para-hydroxylation sites is 1. The quantitative estimate of drug-likeness (QED) is 0.448. The number of aryl methyl sites for hydroxylation is 1. The number of aromatic amines is 1. The van der Waals surface area contributed by atoms with Gasteiger partial charge in [-0.2, -0.15) is 10.2 Å². The van der Waals surface area contributed by atoms with Crippen molar-refractivity contribution >= 4 is 57.3 Å². The lowest BCUT2D eigenvalue weighted by atomic mass is 10.2. The summed E-state index contributed by atoms with van der Waals surface area (Å²) >= 11 is 13.3. The van der Waals surface area contributed by atoms with Gasteiger partial charge in [0.2, 0.25) is 0 Å². The van der Waals surface area contributed by atoms with Gasteiger partial charge in [0.15, 0.2) is 10.3 Å². The van der Waals surface area contributed by atoms with E-state index in [2.05, 4.69) is 31.0 Å². The molecule has 0 atom stereocenters. The summed E-state index contributed by atoms with van der Waals surface area (Å²) in [5, 5.41) is 14.1. The van der Waals surface area contributed by atoms with Crippen LogP contribution in [0.15, 0.2) is 40.4 Å². The van der Waals surface area contributed by atoms with E-state index in [1.165, 1.54) is 23.7 Å². The molecule has 0 bridgehead atoms. The molecule has 0 fully saturated rings. The number of halogens is 2. The first kappa shape index (κ1) is 17.4. The lowest BCUT2D eigenvalue weighted by molar-refractivity contribution is 0.987. The first-order valence-corrected chi connectivity index (χ1v) is 8.63. The third-order valence-electron chi connectivity index (χ3n) is 3.16. The minimum atomic E-state index is -0.498. The summed E-state index contributed by atoms with van der Waals surface area (Å²) in [6, 6.07) is 7.87. The number of nitrogens with one attached hydrogen (secondary N) is 3. The first-order chi connectivity index (χ1) is 12.0. The first-order valence-electron chi connectivity index (χ1n) is 7.06. The van der Waals surface area contributed by atoms with Crippen LogP contribution in [-0.2, 0) is 0 Å². The molecule has 0 saturated heterocycles. The zero-order chi connectivity index (χ0) is 17.8. The fourth-order valence-electron chi connectivity index (χ4n) is 1.90. The SMILES string of the molecule is Cc1ccccc1Nc1nc(Cl)c(/C=N/Nc2cn[nH]c(=O)c2Cl)s1. The number of hydrogen-bond donors (Lipinski definition) is 3. The van der Waals surface area contributed by atoms with Crippen molar-refractivity contribution in [3.8, 4) is 0 Å². The largest absolute Gasteiger partial charge is 0.331 e. The van der Waals surface area contributed by atoms with Gasteiger partial charge in [-0.15, -0.1) is 0 Å². The molecule has 0 radical (unpaired) electrons. The number of thiazole rings is 1. The normalized spacial score (nSPS) is 11.0. The van der Waals surface area contributed by atoms with E-state index in [9.17, 15) is 4.79 Å². The van der Waals surface area contributed by atoms with E-state index in [4.69, 9.17) is 23.2 Å². The molecule has 0 spiro atoms. The van der Waals surface area contributed by atoms with Gasteiger partial charge in [0, 0.05) is 5.69 Å². The summed E-state index contributed by atoms with van der Waals surface area (Å²) in [6.07, 6.45) is 2.86.